The maximum atomic E-state index is 5.80. The molecule has 1 heterocycles. The summed E-state index contributed by atoms with van der Waals surface area (Å²) in [5.74, 6) is 0.721. The minimum absolute atomic E-state index is 0.456. The summed E-state index contributed by atoms with van der Waals surface area (Å²) in [5.41, 5.74) is 6.44. The number of nitrogen functional groups attached to an aromatic ring is 1. The Labute approximate surface area is 95.0 Å². The number of ether oxygens (including phenoxy) is 1. The van der Waals surface area contributed by atoms with Crippen LogP contribution in [-0.4, -0.2) is 32.3 Å². The van der Waals surface area contributed by atoms with Gasteiger partial charge in [-0.3, -0.25) is 0 Å². The lowest BCUT2D eigenvalue weighted by atomic mass is 10.3. The molecule has 0 aromatic carbocycles. The minimum atomic E-state index is 0.456. The van der Waals surface area contributed by atoms with Crippen LogP contribution in [0.5, 0.6) is 0 Å². The van der Waals surface area contributed by atoms with Gasteiger partial charge in [0, 0.05) is 27.3 Å². The zero-order chi connectivity index (χ0) is 11.3. The van der Waals surface area contributed by atoms with Gasteiger partial charge in [0.15, 0.2) is 5.82 Å². The number of rotatable bonds is 5. The third-order valence-electron chi connectivity index (χ3n) is 2.07. The van der Waals surface area contributed by atoms with Crippen molar-refractivity contribution in [2.75, 3.05) is 37.9 Å². The largest absolute Gasteiger partial charge is 0.396 e. The number of nitrogens with zero attached hydrogens (tertiary/aromatic N) is 2. The first-order valence-corrected chi connectivity index (χ1v) is 5.15. The van der Waals surface area contributed by atoms with Crippen LogP contribution in [0.1, 0.15) is 6.42 Å². The number of pyridine rings is 1. The smallest absolute Gasteiger partial charge is 0.153 e. The number of halogens is 1. The molecule has 84 valence electrons. The van der Waals surface area contributed by atoms with E-state index in [2.05, 4.69) is 4.98 Å². The molecule has 0 atom stereocenters. The van der Waals surface area contributed by atoms with Crippen LogP contribution >= 0.6 is 11.6 Å². The molecule has 0 fully saturated rings. The van der Waals surface area contributed by atoms with Crippen LogP contribution in [0.2, 0.25) is 5.15 Å². The van der Waals surface area contributed by atoms with Gasteiger partial charge in [-0.1, -0.05) is 11.6 Å². The molecule has 0 saturated heterocycles. The summed E-state index contributed by atoms with van der Waals surface area (Å²) in [6.45, 7) is 1.57. The Morgan fingerprint density at radius 1 is 1.53 bits per heavy atom. The Kier molecular flexibility index (Phi) is 4.65. The standard InChI is InChI=1S/C10H16ClN3O/c1-14(6-3-7-15-2)10-8(12)4-5-9(11)13-10/h4-5H,3,6-7,12H2,1-2H3. The summed E-state index contributed by atoms with van der Waals surface area (Å²) in [4.78, 5) is 6.15. The molecule has 0 amide bonds. The molecule has 0 spiro atoms. The van der Waals surface area contributed by atoms with Gasteiger partial charge >= 0.3 is 0 Å². The molecule has 0 aliphatic carbocycles. The second-order valence-corrected chi connectivity index (χ2v) is 3.70. The SMILES string of the molecule is COCCCN(C)c1nc(Cl)ccc1N. The molecule has 0 aliphatic rings. The average molecular weight is 230 g/mol. The van der Waals surface area contributed by atoms with Crippen LogP contribution in [0.4, 0.5) is 11.5 Å². The Morgan fingerprint density at radius 2 is 2.27 bits per heavy atom. The predicted octanol–water partition coefficient (Wildman–Crippen LogP) is 1.79. The van der Waals surface area contributed by atoms with Crippen molar-refractivity contribution < 1.29 is 4.74 Å². The fraction of sp³-hybridized carbons (Fsp3) is 0.500. The van der Waals surface area contributed by atoms with Crippen molar-refractivity contribution in [2.45, 2.75) is 6.42 Å². The van der Waals surface area contributed by atoms with E-state index in [1.54, 1.807) is 19.2 Å². The van der Waals surface area contributed by atoms with Gasteiger partial charge in [0.2, 0.25) is 0 Å². The highest BCUT2D eigenvalue weighted by Crippen LogP contribution is 2.21. The Balaban J connectivity index is 2.64. The van der Waals surface area contributed by atoms with E-state index in [4.69, 9.17) is 22.1 Å². The lowest BCUT2D eigenvalue weighted by molar-refractivity contribution is 0.196. The molecule has 1 aromatic rings. The van der Waals surface area contributed by atoms with E-state index in [0.717, 1.165) is 25.4 Å². The highest BCUT2D eigenvalue weighted by Gasteiger charge is 2.07. The number of anilines is 2. The van der Waals surface area contributed by atoms with Gasteiger partial charge in [0.05, 0.1) is 5.69 Å². The van der Waals surface area contributed by atoms with Gasteiger partial charge in [-0.15, -0.1) is 0 Å². The highest BCUT2D eigenvalue weighted by atomic mass is 35.5. The Hall–Kier alpha value is -1.00. The molecular formula is C10H16ClN3O. The van der Waals surface area contributed by atoms with Gasteiger partial charge in [-0.25, -0.2) is 4.98 Å². The normalized spacial score (nSPS) is 10.3. The second-order valence-electron chi connectivity index (χ2n) is 3.31. The second kappa shape index (κ2) is 5.78. The van der Waals surface area contributed by atoms with Gasteiger partial charge in [0.1, 0.15) is 5.15 Å². The van der Waals surface area contributed by atoms with E-state index in [1.807, 2.05) is 11.9 Å². The zero-order valence-corrected chi connectivity index (χ0v) is 9.79. The molecule has 0 aliphatic heterocycles. The first-order chi connectivity index (χ1) is 7.15. The predicted molar refractivity (Wildman–Crippen MR) is 63.4 cm³/mol. The van der Waals surface area contributed by atoms with Gasteiger partial charge in [-0.05, 0) is 18.6 Å². The fourth-order valence-electron chi connectivity index (χ4n) is 1.29. The highest BCUT2D eigenvalue weighted by molar-refractivity contribution is 6.29. The summed E-state index contributed by atoms with van der Waals surface area (Å²) in [6.07, 6.45) is 0.931. The molecule has 15 heavy (non-hydrogen) atoms. The van der Waals surface area contributed by atoms with E-state index in [9.17, 15) is 0 Å². The molecule has 0 bridgehead atoms. The van der Waals surface area contributed by atoms with E-state index in [1.165, 1.54) is 0 Å². The summed E-state index contributed by atoms with van der Waals surface area (Å²) >= 11 is 5.80. The minimum Gasteiger partial charge on any atom is -0.396 e. The van der Waals surface area contributed by atoms with Crippen LogP contribution in [0.25, 0.3) is 0 Å². The molecule has 0 saturated carbocycles. The molecular weight excluding hydrogens is 214 g/mol. The van der Waals surface area contributed by atoms with E-state index < -0.39 is 0 Å². The van der Waals surface area contributed by atoms with Crippen LogP contribution in [-0.2, 0) is 4.74 Å². The van der Waals surface area contributed by atoms with Crippen LogP contribution in [0.15, 0.2) is 12.1 Å². The Morgan fingerprint density at radius 3 is 2.93 bits per heavy atom. The van der Waals surface area contributed by atoms with Crippen LogP contribution in [0, 0.1) is 0 Å². The average Bonchev–Trinajstić information content (AvgIpc) is 2.22. The molecule has 4 nitrogen and oxygen atoms in total. The van der Waals surface area contributed by atoms with Crippen LogP contribution in [0.3, 0.4) is 0 Å². The van der Waals surface area contributed by atoms with Crippen LogP contribution < -0.4 is 10.6 Å². The quantitative estimate of drug-likeness (QED) is 0.618. The number of aromatic nitrogens is 1. The lowest BCUT2D eigenvalue weighted by Crippen LogP contribution is -2.22. The zero-order valence-electron chi connectivity index (χ0n) is 9.03. The number of hydrogen-bond donors (Lipinski definition) is 1. The molecule has 2 N–H and O–H groups in total. The van der Waals surface area contributed by atoms with Crippen molar-refractivity contribution in [1.82, 2.24) is 4.98 Å². The molecule has 1 rings (SSSR count). The third-order valence-corrected chi connectivity index (χ3v) is 2.29. The van der Waals surface area contributed by atoms with Crippen molar-refractivity contribution in [3.63, 3.8) is 0 Å². The van der Waals surface area contributed by atoms with Crippen molar-refractivity contribution in [1.29, 1.82) is 0 Å². The van der Waals surface area contributed by atoms with Gasteiger partial charge in [-0.2, -0.15) is 0 Å². The summed E-state index contributed by atoms with van der Waals surface area (Å²) < 4.78 is 4.98. The lowest BCUT2D eigenvalue weighted by Gasteiger charge is -2.19. The first kappa shape index (κ1) is 12.1. The number of hydrogen-bond acceptors (Lipinski definition) is 4. The maximum absolute atomic E-state index is 5.80. The molecule has 1 aromatic heterocycles. The molecule has 5 heteroatoms. The number of methoxy groups -OCH3 is 1. The van der Waals surface area contributed by atoms with Crippen molar-refractivity contribution in [3.8, 4) is 0 Å². The topological polar surface area (TPSA) is 51.4 Å². The summed E-state index contributed by atoms with van der Waals surface area (Å²) in [7, 11) is 3.62. The van der Waals surface area contributed by atoms with Crippen molar-refractivity contribution >= 4 is 23.1 Å². The summed E-state index contributed by atoms with van der Waals surface area (Å²) in [5, 5.41) is 0.456. The monoisotopic (exact) mass is 229 g/mol. The molecule has 0 radical (unpaired) electrons. The fourth-order valence-corrected chi connectivity index (χ4v) is 1.44. The first-order valence-electron chi connectivity index (χ1n) is 4.77. The van der Waals surface area contributed by atoms with Crippen molar-refractivity contribution in [3.05, 3.63) is 17.3 Å². The molecule has 0 unspecified atom stereocenters. The number of nitrogens with two attached hydrogens (primary N) is 1. The van der Waals surface area contributed by atoms with E-state index in [0.29, 0.717) is 10.8 Å². The van der Waals surface area contributed by atoms with E-state index >= 15 is 0 Å². The maximum Gasteiger partial charge on any atom is 0.153 e. The third kappa shape index (κ3) is 3.57. The van der Waals surface area contributed by atoms with Crippen molar-refractivity contribution in [2.24, 2.45) is 0 Å². The van der Waals surface area contributed by atoms with E-state index in [-0.39, 0.29) is 0 Å². The van der Waals surface area contributed by atoms with Gasteiger partial charge < -0.3 is 15.4 Å². The van der Waals surface area contributed by atoms with Gasteiger partial charge in [0.25, 0.3) is 0 Å². The Bertz CT molecular complexity index is 320. The summed E-state index contributed by atoms with van der Waals surface area (Å²) in [6, 6.07) is 3.45.